The van der Waals surface area contributed by atoms with Gasteiger partial charge in [-0.2, -0.15) is 0 Å². The van der Waals surface area contributed by atoms with Gasteiger partial charge in [0.15, 0.2) is 6.29 Å². The van der Waals surface area contributed by atoms with Crippen LogP contribution in [0.1, 0.15) is 5.56 Å². The molecule has 0 N–H and O–H groups in total. The van der Waals surface area contributed by atoms with Crippen LogP contribution in [0, 0.1) is 0 Å². The third kappa shape index (κ3) is 4.10. The lowest BCUT2D eigenvalue weighted by atomic mass is 10.2. The van der Waals surface area contributed by atoms with Crippen molar-refractivity contribution in [2.24, 2.45) is 4.99 Å². The van der Waals surface area contributed by atoms with Crippen molar-refractivity contribution < 1.29 is 9.47 Å². The third-order valence-corrected chi connectivity index (χ3v) is 2.70. The van der Waals surface area contributed by atoms with Crippen molar-refractivity contribution in [2.75, 3.05) is 20.8 Å². The maximum absolute atomic E-state index is 5.87. The summed E-state index contributed by atoms with van der Waals surface area (Å²) in [6.07, 6.45) is 1.38. The second-order valence-corrected chi connectivity index (χ2v) is 3.88. The molecule has 0 aliphatic carbocycles. The van der Waals surface area contributed by atoms with Crippen molar-refractivity contribution in [1.29, 1.82) is 0 Å². The Balaban J connectivity index is 2.59. The quantitative estimate of drug-likeness (QED) is 0.603. The van der Waals surface area contributed by atoms with Crippen LogP contribution in [-0.2, 0) is 9.47 Å². The molecular weight excluding hydrogens is 249 g/mol. The summed E-state index contributed by atoms with van der Waals surface area (Å²) in [5.41, 5.74) is 0.889. The normalized spacial score (nSPS) is 11.6. The topological polar surface area (TPSA) is 30.8 Å². The fraction of sp³-hybridized carbons (Fsp3) is 0.364. The summed E-state index contributed by atoms with van der Waals surface area (Å²) in [5, 5.41) is 1.05. The lowest BCUT2D eigenvalue weighted by Gasteiger charge is -2.09. The third-order valence-electron chi connectivity index (χ3n) is 1.96. The van der Waals surface area contributed by atoms with Gasteiger partial charge in [0.2, 0.25) is 0 Å². The first kappa shape index (κ1) is 13.5. The minimum Gasteiger partial charge on any atom is -0.354 e. The molecule has 0 heterocycles. The van der Waals surface area contributed by atoms with Gasteiger partial charge in [-0.1, -0.05) is 29.3 Å². The molecule has 3 nitrogen and oxygen atoms in total. The maximum atomic E-state index is 5.87. The molecule has 1 rings (SSSR count). The van der Waals surface area contributed by atoms with E-state index in [1.165, 1.54) is 0 Å². The number of hydrogen-bond acceptors (Lipinski definition) is 3. The highest BCUT2D eigenvalue weighted by molar-refractivity contribution is 6.42. The van der Waals surface area contributed by atoms with Crippen LogP contribution in [0.5, 0.6) is 0 Å². The van der Waals surface area contributed by atoms with Crippen molar-refractivity contribution in [3.63, 3.8) is 0 Å². The zero-order valence-electron chi connectivity index (χ0n) is 9.11. The molecule has 0 aliphatic heterocycles. The summed E-state index contributed by atoms with van der Waals surface area (Å²) in [6.45, 7) is 0.438. The molecule has 16 heavy (non-hydrogen) atoms. The largest absolute Gasteiger partial charge is 0.354 e. The Hall–Kier alpha value is -0.610. The first-order chi connectivity index (χ1) is 7.67. The van der Waals surface area contributed by atoms with Crippen LogP contribution in [0.4, 0.5) is 0 Å². The average molecular weight is 262 g/mol. The fourth-order valence-corrected chi connectivity index (χ4v) is 1.39. The van der Waals surface area contributed by atoms with E-state index < -0.39 is 0 Å². The van der Waals surface area contributed by atoms with E-state index in [1.54, 1.807) is 32.6 Å². The smallest absolute Gasteiger partial charge is 0.176 e. The van der Waals surface area contributed by atoms with E-state index in [9.17, 15) is 0 Å². The minimum atomic E-state index is -0.320. The molecule has 0 fully saturated rings. The van der Waals surface area contributed by atoms with Crippen molar-refractivity contribution in [2.45, 2.75) is 6.29 Å². The van der Waals surface area contributed by atoms with Crippen LogP contribution >= 0.6 is 23.2 Å². The zero-order valence-corrected chi connectivity index (χ0v) is 10.6. The molecule has 1 aromatic carbocycles. The molecule has 0 amide bonds. The van der Waals surface area contributed by atoms with E-state index in [4.69, 9.17) is 32.7 Å². The summed E-state index contributed by atoms with van der Waals surface area (Å²) in [6, 6.07) is 5.32. The SMILES string of the molecule is COC(C/N=C/c1ccc(Cl)c(Cl)c1)OC. The van der Waals surface area contributed by atoms with Gasteiger partial charge in [-0.05, 0) is 17.7 Å². The molecular formula is C11H13Cl2NO2. The van der Waals surface area contributed by atoms with Crippen LogP contribution in [0.2, 0.25) is 10.0 Å². The number of benzene rings is 1. The Morgan fingerprint density at radius 3 is 2.50 bits per heavy atom. The highest BCUT2D eigenvalue weighted by atomic mass is 35.5. The van der Waals surface area contributed by atoms with Gasteiger partial charge in [0.1, 0.15) is 0 Å². The van der Waals surface area contributed by atoms with Gasteiger partial charge in [0.25, 0.3) is 0 Å². The van der Waals surface area contributed by atoms with Crippen LogP contribution in [0.25, 0.3) is 0 Å². The molecule has 0 saturated heterocycles. The molecule has 0 aliphatic rings. The first-order valence-corrected chi connectivity index (χ1v) is 5.43. The number of methoxy groups -OCH3 is 2. The van der Waals surface area contributed by atoms with Gasteiger partial charge in [-0.25, -0.2) is 0 Å². The summed E-state index contributed by atoms with van der Waals surface area (Å²) >= 11 is 11.7. The molecule has 0 saturated carbocycles. The van der Waals surface area contributed by atoms with Gasteiger partial charge in [0.05, 0.1) is 16.6 Å². The summed E-state index contributed by atoms with van der Waals surface area (Å²) in [5.74, 6) is 0. The standard InChI is InChI=1S/C11H13Cl2NO2/c1-15-11(16-2)7-14-6-8-3-4-9(12)10(13)5-8/h3-6,11H,7H2,1-2H3/b14-6+. The predicted octanol–water partition coefficient (Wildman–Crippen LogP) is 3.03. The Morgan fingerprint density at radius 1 is 1.25 bits per heavy atom. The zero-order chi connectivity index (χ0) is 12.0. The van der Waals surface area contributed by atoms with Crippen molar-refractivity contribution in [1.82, 2.24) is 0 Å². The molecule has 0 unspecified atom stereocenters. The van der Waals surface area contributed by atoms with Crippen LogP contribution < -0.4 is 0 Å². The van der Waals surface area contributed by atoms with E-state index in [0.29, 0.717) is 16.6 Å². The summed E-state index contributed by atoms with van der Waals surface area (Å²) in [4.78, 5) is 4.18. The number of aliphatic imine (C=N–C) groups is 1. The Bertz CT molecular complexity index is 365. The molecule has 88 valence electrons. The van der Waals surface area contributed by atoms with Crippen LogP contribution in [0.15, 0.2) is 23.2 Å². The number of hydrogen-bond donors (Lipinski definition) is 0. The second kappa shape index (κ2) is 6.86. The lowest BCUT2D eigenvalue weighted by Crippen LogP contribution is -2.16. The number of nitrogens with zero attached hydrogens (tertiary/aromatic N) is 1. The highest BCUT2D eigenvalue weighted by Gasteiger charge is 2.02. The van der Waals surface area contributed by atoms with E-state index in [2.05, 4.69) is 4.99 Å². The molecule has 5 heteroatoms. The molecule has 0 spiro atoms. The Labute approximate surface area is 105 Å². The molecule has 0 bridgehead atoms. The molecule has 0 atom stereocenters. The van der Waals surface area contributed by atoms with Crippen LogP contribution in [0.3, 0.4) is 0 Å². The van der Waals surface area contributed by atoms with Gasteiger partial charge in [-0.15, -0.1) is 0 Å². The van der Waals surface area contributed by atoms with Gasteiger partial charge in [-0.3, -0.25) is 4.99 Å². The number of halogens is 2. The average Bonchev–Trinajstić information content (AvgIpc) is 2.29. The molecule has 1 aromatic rings. The van der Waals surface area contributed by atoms with Crippen molar-refractivity contribution in [3.8, 4) is 0 Å². The van der Waals surface area contributed by atoms with E-state index in [0.717, 1.165) is 5.56 Å². The first-order valence-electron chi connectivity index (χ1n) is 4.68. The fourth-order valence-electron chi connectivity index (χ4n) is 1.08. The van der Waals surface area contributed by atoms with Crippen molar-refractivity contribution >= 4 is 29.4 Å². The van der Waals surface area contributed by atoms with Gasteiger partial charge < -0.3 is 9.47 Å². The minimum absolute atomic E-state index is 0.320. The molecule has 0 radical (unpaired) electrons. The number of ether oxygens (including phenoxy) is 2. The van der Waals surface area contributed by atoms with E-state index >= 15 is 0 Å². The second-order valence-electron chi connectivity index (χ2n) is 3.07. The van der Waals surface area contributed by atoms with E-state index in [1.807, 2.05) is 6.07 Å². The highest BCUT2D eigenvalue weighted by Crippen LogP contribution is 2.21. The van der Waals surface area contributed by atoms with Gasteiger partial charge in [0, 0.05) is 20.4 Å². The summed E-state index contributed by atoms with van der Waals surface area (Å²) < 4.78 is 9.99. The monoisotopic (exact) mass is 261 g/mol. The molecule has 0 aromatic heterocycles. The van der Waals surface area contributed by atoms with Crippen molar-refractivity contribution in [3.05, 3.63) is 33.8 Å². The Kier molecular flexibility index (Phi) is 5.77. The predicted molar refractivity (Wildman–Crippen MR) is 66.7 cm³/mol. The Morgan fingerprint density at radius 2 is 1.94 bits per heavy atom. The maximum Gasteiger partial charge on any atom is 0.176 e. The summed E-state index contributed by atoms with van der Waals surface area (Å²) in [7, 11) is 3.14. The number of rotatable bonds is 5. The lowest BCUT2D eigenvalue weighted by molar-refractivity contribution is -0.0936. The van der Waals surface area contributed by atoms with Crippen LogP contribution in [-0.4, -0.2) is 33.3 Å². The van der Waals surface area contributed by atoms with E-state index in [-0.39, 0.29) is 6.29 Å². The van der Waals surface area contributed by atoms with Gasteiger partial charge >= 0.3 is 0 Å².